The molecule has 0 unspecified atom stereocenters. The second-order valence-electron chi connectivity index (χ2n) is 7.37. The highest BCUT2D eigenvalue weighted by Crippen LogP contribution is 2.07. The van der Waals surface area contributed by atoms with Gasteiger partial charge in [-0.3, -0.25) is 4.90 Å². The molecule has 25 heavy (non-hydrogen) atoms. The van der Waals surface area contributed by atoms with Crippen LogP contribution >= 0.6 is 0 Å². The predicted molar refractivity (Wildman–Crippen MR) is 102 cm³/mol. The summed E-state index contributed by atoms with van der Waals surface area (Å²) in [5, 5.41) is 0. The first-order valence-electron chi connectivity index (χ1n) is 9.19. The third-order valence-electron chi connectivity index (χ3n) is 4.92. The molecule has 0 amide bonds. The molecule has 0 bridgehead atoms. The summed E-state index contributed by atoms with van der Waals surface area (Å²) >= 11 is 0. The quantitative estimate of drug-likeness (QED) is 0.592. The lowest BCUT2D eigenvalue weighted by Gasteiger charge is -2.29. The van der Waals surface area contributed by atoms with Crippen molar-refractivity contribution in [1.82, 2.24) is 34.3 Å². The van der Waals surface area contributed by atoms with Crippen LogP contribution in [0.15, 0.2) is 37.2 Å². The zero-order valence-corrected chi connectivity index (χ0v) is 16.0. The van der Waals surface area contributed by atoms with Crippen LogP contribution in [0.3, 0.4) is 0 Å². The zero-order valence-electron chi connectivity index (χ0n) is 16.0. The van der Waals surface area contributed by atoms with E-state index in [9.17, 15) is 0 Å². The fraction of sp³-hybridized carbons (Fsp3) is 0.667. The molecule has 0 spiro atoms. The maximum Gasteiger partial charge on any atom is 0.0891 e. The van der Waals surface area contributed by atoms with E-state index in [-0.39, 0.29) is 0 Å². The molecule has 0 saturated heterocycles. The highest BCUT2D eigenvalue weighted by molar-refractivity contribution is 4.91. The molecule has 3 aliphatic heterocycles. The Morgan fingerprint density at radius 1 is 0.560 bits per heavy atom. The van der Waals surface area contributed by atoms with Crippen LogP contribution in [-0.4, -0.2) is 115 Å². The molecule has 0 aromatic heterocycles. The van der Waals surface area contributed by atoms with Crippen molar-refractivity contribution in [3.63, 3.8) is 0 Å². The maximum absolute atomic E-state index is 2.60. The third-order valence-corrected chi connectivity index (χ3v) is 4.92. The largest absolute Gasteiger partial charge is 0.362 e. The van der Waals surface area contributed by atoms with Gasteiger partial charge in [0.2, 0.25) is 0 Å². The Morgan fingerprint density at radius 3 is 1.12 bits per heavy atom. The molecule has 0 N–H and O–H groups in total. The first-order valence-corrected chi connectivity index (χ1v) is 9.19. The Morgan fingerprint density at radius 2 is 0.880 bits per heavy atom. The highest BCUT2D eigenvalue weighted by Gasteiger charge is 2.15. The van der Waals surface area contributed by atoms with E-state index >= 15 is 0 Å². The minimum absolute atomic E-state index is 1.01. The van der Waals surface area contributed by atoms with Crippen molar-refractivity contribution in [2.24, 2.45) is 0 Å². The summed E-state index contributed by atoms with van der Waals surface area (Å²) in [6.45, 7) is 9.62. The van der Waals surface area contributed by atoms with Gasteiger partial charge in [-0.2, -0.15) is 0 Å². The van der Waals surface area contributed by atoms with Gasteiger partial charge in [-0.05, 0) is 0 Å². The summed E-state index contributed by atoms with van der Waals surface area (Å²) in [5.74, 6) is 0. The first-order chi connectivity index (χ1) is 12.1. The predicted octanol–water partition coefficient (Wildman–Crippen LogP) is 0.317. The molecule has 7 nitrogen and oxygen atoms in total. The molecule has 0 atom stereocenters. The molecule has 0 aliphatic carbocycles. The monoisotopic (exact) mass is 347 g/mol. The van der Waals surface area contributed by atoms with E-state index in [1.807, 2.05) is 0 Å². The van der Waals surface area contributed by atoms with Crippen LogP contribution in [0.1, 0.15) is 0 Å². The lowest BCUT2D eigenvalue weighted by atomic mass is 10.4. The first kappa shape index (κ1) is 17.8. The Balaban J connectivity index is 1.43. The van der Waals surface area contributed by atoms with Gasteiger partial charge in [0.05, 0.1) is 20.0 Å². The van der Waals surface area contributed by atoms with Crippen LogP contribution in [0.5, 0.6) is 0 Å². The summed E-state index contributed by atoms with van der Waals surface area (Å²) < 4.78 is 0. The normalized spacial score (nSPS) is 19.7. The van der Waals surface area contributed by atoms with Gasteiger partial charge in [-0.15, -0.1) is 0 Å². The van der Waals surface area contributed by atoms with Crippen molar-refractivity contribution >= 4 is 0 Å². The summed E-state index contributed by atoms with van der Waals surface area (Å²) in [6, 6.07) is 0. The fourth-order valence-electron chi connectivity index (χ4n) is 3.35. The molecule has 0 saturated carbocycles. The van der Waals surface area contributed by atoms with Crippen LogP contribution < -0.4 is 0 Å². The second-order valence-corrected chi connectivity index (χ2v) is 7.37. The maximum atomic E-state index is 2.60. The van der Waals surface area contributed by atoms with E-state index in [0.717, 1.165) is 59.3 Å². The molecule has 7 heteroatoms. The van der Waals surface area contributed by atoms with Crippen LogP contribution in [-0.2, 0) is 0 Å². The van der Waals surface area contributed by atoms with E-state index in [1.54, 1.807) is 0 Å². The van der Waals surface area contributed by atoms with E-state index in [0.29, 0.717) is 0 Å². The zero-order chi connectivity index (χ0) is 17.6. The van der Waals surface area contributed by atoms with Crippen molar-refractivity contribution < 1.29 is 0 Å². The molecule has 3 heterocycles. The van der Waals surface area contributed by atoms with E-state index in [1.165, 1.54) is 0 Å². The Labute approximate surface area is 152 Å². The van der Waals surface area contributed by atoms with Crippen molar-refractivity contribution in [3.05, 3.63) is 37.2 Å². The number of hydrogen-bond acceptors (Lipinski definition) is 7. The molecule has 140 valence electrons. The molecule has 0 aromatic rings. The molecule has 0 radical (unpaired) electrons. The van der Waals surface area contributed by atoms with Crippen LogP contribution in [0.25, 0.3) is 0 Å². The lowest BCUT2D eigenvalue weighted by Crippen LogP contribution is -2.41. The summed E-state index contributed by atoms with van der Waals surface area (Å²) in [5.41, 5.74) is 0. The smallest absolute Gasteiger partial charge is 0.0891 e. The van der Waals surface area contributed by atoms with Gasteiger partial charge in [-0.1, -0.05) is 0 Å². The van der Waals surface area contributed by atoms with Gasteiger partial charge >= 0.3 is 0 Å². The van der Waals surface area contributed by atoms with Crippen LogP contribution in [0.4, 0.5) is 0 Å². The molecule has 3 rings (SSSR count). The number of hydrogen-bond donors (Lipinski definition) is 0. The summed E-state index contributed by atoms with van der Waals surface area (Å²) in [7, 11) is 6.38. The van der Waals surface area contributed by atoms with Crippen molar-refractivity contribution in [2.75, 3.05) is 80.4 Å². The lowest BCUT2D eigenvalue weighted by molar-refractivity contribution is 0.177. The molecular formula is C18H33N7. The average Bonchev–Trinajstić information content (AvgIpc) is 3.29. The Bertz CT molecular complexity index is 432. The Kier molecular flexibility index (Phi) is 5.96. The molecule has 0 fully saturated rings. The SMILES string of the molecule is CN1C=CN(CCN(CCN2C=CN(C)C2)CCN2C=CN(C)C2)C1. The number of rotatable bonds is 9. The number of nitrogens with zero attached hydrogens (tertiary/aromatic N) is 7. The van der Waals surface area contributed by atoms with Gasteiger partial charge in [0.25, 0.3) is 0 Å². The van der Waals surface area contributed by atoms with E-state index in [4.69, 9.17) is 0 Å². The topological polar surface area (TPSA) is 22.7 Å². The molecular weight excluding hydrogens is 314 g/mol. The van der Waals surface area contributed by atoms with Crippen molar-refractivity contribution in [1.29, 1.82) is 0 Å². The minimum atomic E-state index is 1.01. The van der Waals surface area contributed by atoms with Crippen molar-refractivity contribution in [2.45, 2.75) is 0 Å². The van der Waals surface area contributed by atoms with Gasteiger partial charge < -0.3 is 29.4 Å². The van der Waals surface area contributed by atoms with Gasteiger partial charge in [-0.25, -0.2) is 0 Å². The van der Waals surface area contributed by atoms with E-state index in [2.05, 4.69) is 92.6 Å². The highest BCUT2D eigenvalue weighted by atomic mass is 15.4. The summed E-state index contributed by atoms with van der Waals surface area (Å²) in [4.78, 5) is 16.4. The Hall–Kier alpha value is -2.02. The minimum Gasteiger partial charge on any atom is -0.362 e. The summed E-state index contributed by atoms with van der Waals surface area (Å²) in [6.07, 6.45) is 13.1. The van der Waals surface area contributed by atoms with Gasteiger partial charge in [0, 0.05) is 97.6 Å². The average molecular weight is 348 g/mol. The molecule has 3 aliphatic rings. The van der Waals surface area contributed by atoms with Gasteiger partial charge in [0.15, 0.2) is 0 Å². The second kappa shape index (κ2) is 8.38. The third kappa shape index (κ3) is 5.49. The molecule has 0 aromatic carbocycles. The van der Waals surface area contributed by atoms with Crippen LogP contribution in [0, 0.1) is 0 Å². The van der Waals surface area contributed by atoms with Crippen LogP contribution in [0.2, 0.25) is 0 Å². The van der Waals surface area contributed by atoms with E-state index < -0.39 is 0 Å². The van der Waals surface area contributed by atoms with Gasteiger partial charge in [0.1, 0.15) is 0 Å². The van der Waals surface area contributed by atoms with Crippen molar-refractivity contribution in [3.8, 4) is 0 Å². The standard InChI is InChI=1S/C18H33N7/c1-19-4-7-23(16-19)13-10-22(11-14-24-8-5-20(2)17-24)12-15-25-9-6-21(3)18-25/h4-9H,10-18H2,1-3H3. The fourth-order valence-corrected chi connectivity index (χ4v) is 3.35.